The number of nitrogens with one attached hydrogen (secondary N) is 2. The molecule has 1 aromatic heterocycles. The highest BCUT2D eigenvalue weighted by Crippen LogP contribution is 2.23. The summed E-state index contributed by atoms with van der Waals surface area (Å²) in [5.41, 5.74) is 1.55. The van der Waals surface area contributed by atoms with Crippen LogP contribution in [0.25, 0.3) is 0 Å². The average Bonchev–Trinajstić information content (AvgIpc) is 3.19. The lowest BCUT2D eigenvalue weighted by Crippen LogP contribution is -2.29. The molecule has 0 aromatic carbocycles. The fraction of sp³-hybridized carbons (Fsp3) is 0.643. The van der Waals surface area contributed by atoms with E-state index in [4.69, 9.17) is 0 Å². The number of aromatic amines is 1. The summed E-state index contributed by atoms with van der Waals surface area (Å²) in [7, 11) is -1.94. The first kappa shape index (κ1) is 16.2. The van der Waals surface area contributed by atoms with Crippen LogP contribution in [0.5, 0.6) is 0 Å². The maximum Gasteiger partial charge on any atom is 0.262 e. The van der Waals surface area contributed by atoms with Crippen molar-refractivity contribution < 1.29 is 8.42 Å². The molecule has 0 amide bonds. The molecule has 0 atom stereocenters. The molecular formula is C14H24N4O2S. The van der Waals surface area contributed by atoms with Crippen molar-refractivity contribution in [2.24, 2.45) is 0 Å². The van der Waals surface area contributed by atoms with Gasteiger partial charge in [0.15, 0.2) is 5.03 Å². The Labute approximate surface area is 126 Å². The molecule has 0 unspecified atom stereocenters. The summed E-state index contributed by atoms with van der Waals surface area (Å²) in [5, 5.41) is 10.3. The Kier molecular flexibility index (Phi) is 5.18. The Morgan fingerprint density at radius 3 is 2.86 bits per heavy atom. The second kappa shape index (κ2) is 6.72. The lowest BCUT2D eigenvalue weighted by Gasteiger charge is -2.16. The van der Waals surface area contributed by atoms with Gasteiger partial charge in [-0.1, -0.05) is 6.08 Å². The number of aryl methyl sites for hydroxylation is 1. The Hall–Kier alpha value is -1.18. The van der Waals surface area contributed by atoms with Crippen molar-refractivity contribution in [3.63, 3.8) is 0 Å². The first-order chi connectivity index (χ1) is 9.96. The van der Waals surface area contributed by atoms with Crippen molar-refractivity contribution in [3.05, 3.63) is 23.9 Å². The Balaban J connectivity index is 2.12. The minimum absolute atomic E-state index is 0.147. The minimum Gasteiger partial charge on any atom is -0.310 e. The van der Waals surface area contributed by atoms with Crippen LogP contribution in [0.3, 0.4) is 0 Å². The van der Waals surface area contributed by atoms with Gasteiger partial charge in [0.05, 0.1) is 0 Å². The zero-order chi connectivity index (χ0) is 15.5. The number of aromatic nitrogens is 2. The maximum absolute atomic E-state index is 12.6. The van der Waals surface area contributed by atoms with Crippen LogP contribution in [0.1, 0.15) is 36.9 Å². The summed E-state index contributed by atoms with van der Waals surface area (Å²) in [6.07, 6.45) is 5.69. The van der Waals surface area contributed by atoms with Crippen molar-refractivity contribution >= 4 is 10.0 Å². The van der Waals surface area contributed by atoms with Crippen LogP contribution in [0.15, 0.2) is 17.7 Å². The lowest BCUT2D eigenvalue weighted by molar-refractivity contribution is 0.458. The number of sulfonamides is 1. The fourth-order valence-corrected chi connectivity index (χ4v) is 3.47. The lowest BCUT2D eigenvalue weighted by atomic mass is 10.2. The zero-order valence-corrected chi connectivity index (χ0v) is 13.5. The summed E-state index contributed by atoms with van der Waals surface area (Å²) in [6, 6.07) is 0.528. The van der Waals surface area contributed by atoms with Crippen LogP contribution in [-0.2, 0) is 16.6 Å². The van der Waals surface area contributed by atoms with Crippen LogP contribution in [0.2, 0.25) is 0 Å². The first-order valence-corrected chi connectivity index (χ1v) is 8.75. The molecule has 0 aliphatic heterocycles. The van der Waals surface area contributed by atoms with Crippen molar-refractivity contribution in [2.75, 3.05) is 13.6 Å². The van der Waals surface area contributed by atoms with E-state index in [9.17, 15) is 8.42 Å². The Bertz CT molecular complexity index is 590. The van der Waals surface area contributed by atoms with Crippen LogP contribution in [-0.4, -0.2) is 42.6 Å². The van der Waals surface area contributed by atoms with E-state index < -0.39 is 10.0 Å². The first-order valence-electron chi connectivity index (χ1n) is 7.31. The van der Waals surface area contributed by atoms with Gasteiger partial charge in [-0.2, -0.15) is 9.40 Å². The van der Waals surface area contributed by atoms with E-state index in [-0.39, 0.29) is 5.03 Å². The summed E-state index contributed by atoms with van der Waals surface area (Å²) >= 11 is 0. The highest BCUT2D eigenvalue weighted by Gasteiger charge is 2.29. The molecule has 7 heteroatoms. The van der Waals surface area contributed by atoms with Crippen LogP contribution in [0, 0.1) is 6.92 Å². The van der Waals surface area contributed by atoms with Gasteiger partial charge in [-0.05, 0) is 32.6 Å². The maximum atomic E-state index is 12.6. The molecule has 0 radical (unpaired) electrons. The second-order valence-corrected chi connectivity index (χ2v) is 7.51. The molecule has 0 spiro atoms. The van der Waals surface area contributed by atoms with E-state index in [1.165, 1.54) is 17.1 Å². The monoisotopic (exact) mass is 312 g/mol. The predicted molar refractivity (Wildman–Crippen MR) is 82.4 cm³/mol. The number of rotatable bonds is 9. The average molecular weight is 312 g/mol. The molecule has 1 aromatic rings. The van der Waals surface area contributed by atoms with Crippen molar-refractivity contribution in [3.8, 4) is 0 Å². The molecule has 6 nitrogen and oxygen atoms in total. The number of H-pyrrole nitrogens is 1. The van der Waals surface area contributed by atoms with Crippen molar-refractivity contribution in [1.29, 1.82) is 0 Å². The Morgan fingerprint density at radius 1 is 1.52 bits per heavy atom. The summed E-state index contributed by atoms with van der Waals surface area (Å²) in [4.78, 5) is 0. The molecule has 2 N–H and O–H groups in total. The van der Waals surface area contributed by atoms with Gasteiger partial charge in [-0.25, -0.2) is 8.42 Å². The highest BCUT2D eigenvalue weighted by atomic mass is 32.2. The largest absolute Gasteiger partial charge is 0.310 e. The third-order valence-corrected chi connectivity index (χ3v) is 5.55. The number of allylic oxidation sites excluding steroid dienone is 1. The third-order valence-electron chi connectivity index (χ3n) is 3.72. The normalized spacial score (nSPS) is 15.6. The van der Waals surface area contributed by atoms with Gasteiger partial charge in [0.1, 0.15) is 0 Å². The molecule has 2 rings (SSSR count). The standard InChI is InChI=1S/C14H24N4O2S/c1-4-5-6-9-18(3)21(19,20)14-13(11(2)16-17-14)10-15-12-7-8-12/h4,12,15H,1,5-10H2,2-3H3,(H,16,17). The quantitative estimate of drug-likeness (QED) is 0.536. The van der Waals surface area contributed by atoms with E-state index in [0.717, 1.165) is 24.1 Å². The molecule has 118 valence electrons. The molecule has 1 aliphatic carbocycles. The van der Waals surface area contributed by atoms with Crippen molar-refractivity contribution in [2.45, 2.75) is 50.2 Å². The highest BCUT2D eigenvalue weighted by molar-refractivity contribution is 7.89. The molecule has 1 fully saturated rings. The van der Waals surface area contributed by atoms with Crippen LogP contribution < -0.4 is 5.32 Å². The van der Waals surface area contributed by atoms with Gasteiger partial charge < -0.3 is 5.32 Å². The Morgan fingerprint density at radius 2 is 2.24 bits per heavy atom. The van der Waals surface area contributed by atoms with E-state index >= 15 is 0 Å². The van der Waals surface area contributed by atoms with Gasteiger partial charge in [0.25, 0.3) is 10.0 Å². The minimum atomic E-state index is -3.54. The van der Waals surface area contributed by atoms with E-state index in [1.54, 1.807) is 13.1 Å². The smallest absolute Gasteiger partial charge is 0.262 e. The second-order valence-electron chi connectivity index (χ2n) is 5.54. The van der Waals surface area contributed by atoms with Gasteiger partial charge in [-0.3, -0.25) is 5.10 Å². The summed E-state index contributed by atoms with van der Waals surface area (Å²) in [6.45, 7) is 6.51. The topological polar surface area (TPSA) is 78.1 Å². The number of hydrogen-bond donors (Lipinski definition) is 2. The number of nitrogens with zero attached hydrogens (tertiary/aromatic N) is 2. The molecule has 1 saturated carbocycles. The van der Waals surface area contributed by atoms with E-state index in [0.29, 0.717) is 19.1 Å². The van der Waals surface area contributed by atoms with E-state index in [2.05, 4.69) is 22.1 Å². The fourth-order valence-electron chi connectivity index (χ4n) is 2.11. The predicted octanol–water partition coefficient (Wildman–Crippen LogP) is 1.56. The molecule has 0 bridgehead atoms. The summed E-state index contributed by atoms with van der Waals surface area (Å²) < 4.78 is 26.6. The molecule has 21 heavy (non-hydrogen) atoms. The summed E-state index contributed by atoms with van der Waals surface area (Å²) in [5.74, 6) is 0. The van der Waals surface area contributed by atoms with Gasteiger partial charge in [0.2, 0.25) is 0 Å². The molecule has 1 heterocycles. The zero-order valence-electron chi connectivity index (χ0n) is 12.7. The van der Waals surface area contributed by atoms with Crippen molar-refractivity contribution in [1.82, 2.24) is 19.8 Å². The van der Waals surface area contributed by atoms with E-state index in [1.807, 2.05) is 6.92 Å². The molecule has 0 saturated heterocycles. The van der Waals surface area contributed by atoms with Crippen LogP contribution >= 0.6 is 0 Å². The van der Waals surface area contributed by atoms with Gasteiger partial charge in [0, 0.05) is 37.4 Å². The SMILES string of the molecule is C=CCCCN(C)S(=O)(=O)c1n[nH]c(C)c1CNC1CC1. The number of unbranched alkanes of at least 4 members (excludes halogenated alkanes) is 1. The van der Waals surface area contributed by atoms with Crippen LogP contribution in [0.4, 0.5) is 0 Å². The van der Waals surface area contributed by atoms with Gasteiger partial charge >= 0.3 is 0 Å². The number of hydrogen-bond acceptors (Lipinski definition) is 4. The van der Waals surface area contributed by atoms with Gasteiger partial charge in [-0.15, -0.1) is 6.58 Å². The third kappa shape index (κ3) is 3.93. The molecular weight excluding hydrogens is 288 g/mol. The molecule has 1 aliphatic rings.